The van der Waals surface area contributed by atoms with Crippen LogP contribution in [0.3, 0.4) is 0 Å². The van der Waals surface area contributed by atoms with E-state index in [2.05, 4.69) is 0 Å². The monoisotopic (exact) mass is 248 g/mol. The van der Waals surface area contributed by atoms with E-state index in [9.17, 15) is 18.4 Å². The van der Waals surface area contributed by atoms with Crippen LogP contribution in [0.5, 0.6) is 0 Å². The van der Waals surface area contributed by atoms with E-state index < -0.39 is 11.9 Å². The molecule has 0 spiro atoms. The summed E-state index contributed by atoms with van der Waals surface area (Å²) in [4.78, 5) is 0. The zero-order valence-corrected chi connectivity index (χ0v) is 10.3. The molecule has 1 atom stereocenters. The van der Waals surface area contributed by atoms with Gasteiger partial charge in [0, 0.05) is 16.4 Å². The molecule has 0 saturated carbocycles. The number of rotatable bonds is 1. The van der Waals surface area contributed by atoms with Crippen LogP contribution in [-0.4, -0.2) is 5.21 Å². The first kappa shape index (κ1) is 13.8. The third kappa shape index (κ3) is 3.11. The number of halogens is 3. The van der Waals surface area contributed by atoms with Gasteiger partial charge in [-0.05, 0) is 17.4 Å². The van der Waals surface area contributed by atoms with Crippen LogP contribution in [0, 0.1) is 5.41 Å². The Balaban J connectivity index is 3.14. The van der Waals surface area contributed by atoms with Gasteiger partial charge < -0.3 is 0 Å². The molecule has 0 aliphatic rings. The fraction of sp³-hybridized carbons (Fsp3) is 0.583. The topological polar surface area (TPSA) is 24.1 Å². The highest BCUT2D eigenvalue weighted by atomic mass is 19.4. The molecule has 0 radical (unpaired) electrons. The summed E-state index contributed by atoms with van der Waals surface area (Å²) in [5.74, 6) is 0.0446. The molecular formula is C12H17F3NO+. The van der Waals surface area contributed by atoms with Gasteiger partial charge >= 0.3 is 11.9 Å². The van der Waals surface area contributed by atoms with Crippen LogP contribution in [-0.2, 0) is 6.18 Å². The Hall–Kier alpha value is -1.26. The third-order valence-corrected chi connectivity index (χ3v) is 3.04. The van der Waals surface area contributed by atoms with E-state index in [1.165, 1.54) is 6.07 Å². The minimum absolute atomic E-state index is 0.0446. The predicted octanol–water partition coefficient (Wildman–Crippen LogP) is 3.38. The van der Waals surface area contributed by atoms with Crippen molar-refractivity contribution in [1.82, 2.24) is 0 Å². The van der Waals surface area contributed by atoms with Gasteiger partial charge in [-0.25, -0.2) is 0 Å². The van der Waals surface area contributed by atoms with Gasteiger partial charge in [0.25, 0.3) is 0 Å². The van der Waals surface area contributed by atoms with Crippen molar-refractivity contribution in [2.24, 2.45) is 5.41 Å². The van der Waals surface area contributed by atoms with E-state index in [1.807, 2.05) is 27.7 Å². The number of hydrogen-bond donors (Lipinski definition) is 1. The average Bonchev–Trinajstić information content (AvgIpc) is 2.12. The molecule has 17 heavy (non-hydrogen) atoms. The maximum Gasteiger partial charge on any atom is 0.482 e. The van der Waals surface area contributed by atoms with E-state index in [4.69, 9.17) is 0 Å². The number of pyridine rings is 1. The number of hydrogen-bond acceptors (Lipinski definition) is 1. The van der Waals surface area contributed by atoms with E-state index in [0.29, 0.717) is 5.56 Å². The summed E-state index contributed by atoms with van der Waals surface area (Å²) in [5, 5.41) is 9.34. The van der Waals surface area contributed by atoms with Crippen LogP contribution in [0.25, 0.3) is 0 Å². The zero-order valence-electron chi connectivity index (χ0n) is 10.3. The van der Waals surface area contributed by atoms with Crippen molar-refractivity contribution in [2.45, 2.75) is 39.8 Å². The molecule has 1 N–H and O–H groups in total. The van der Waals surface area contributed by atoms with Gasteiger partial charge in [0.1, 0.15) is 0 Å². The highest BCUT2D eigenvalue weighted by molar-refractivity contribution is 5.17. The van der Waals surface area contributed by atoms with Crippen LogP contribution in [0.15, 0.2) is 18.3 Å². The quantitative estimate of drug-likeness (QED) is 0.598. The standard InChI is InChI=1S/C12H17F3NO/c1-8(11(2,3)4)9-5-6-10(12(13,14)15)16(17)7-9/h5-8,17H,1-4H3/q+1/t8-/m1/s1. The lowest BCUT2D eigenvalue weighted by atomic mass is 9.78. The molecule has 1 heterocycles. The Bertz CT molecular complexity index is 407. The minimum Gasteiger partial charge on any atom is -0.285 e. The number of alkyl halides is 3. The summed E-state index contributed by atoms with van der Waals surface area (Å²) >= 11 is 0. The third-order valence-electron chi connectivity index (χ3n) is 3.04. The van der Waals surface area contributed by atoms with Gasteiger partial charge in [0.05, 0.1) is 0 Å². The average molecular weight is 248 g/mol. The van der Waals surface area contributed by atoms with Gasteiger partial charge in [-0.2, -0.15) is 13.2 Å². The van der Waals surface area contributed by atoms with Crippen molar-refractivity contribution in [3.8, 4) is 0 Å². The molecule has 1 aromatic heterocycles. The highest BCUT2D eigenvalue weighted by Crippen LogP contribution is 2.34. The smallest absolute Gasteiger partial charge is 0.285 e. The lowest BCUT2D eigenvalue weighted by Gasteiger charge is -2.26. The van der Waals surface area contributed by atoms with E-state index in [0.717, 1.165) is 12.3 Å². The van der Waals surface area contributed by atoms with Crippen molar-refractivity contribution < 1.29 is 23.1 Å². The molecule has 1 aromatic rings. The molecule has 0 amide bonds. The Morgan fingerprint density at radius 2 is 1.71 bits per heavy atom. The Labute approximate surface area is 98.7 Å². The second-order valence-electron chi connectivity index (χ2n) is 5.28. The van der Waals surface area contributed by atoms with Gasteiger partial charge in [0.2, 0.25) is 6.20 Å². The van der Waals surface area contributed by atoms with Gasteiger partial charge in [-0.1, -0.05) is 27.7 Å². The fourth-order valence-corrected chi connectivity index (χ4v) is 1.49. The van der Waals surface area contributed by atoms with Crippen molar-refractivity contribution in [2.75, 3.05) is 0 Å². The first-order chi connectivity index (χ1) is 7.53. The largest absolute Gasteiger partial charge is 0.482 e. The molecule has 0 aliphatic heterocycles. The van der Waals surface area contributed by atoms with Crippen molar-refractivity contribution >= 4 is 0 Å². The van der Waals surface area contributed by atoms with Crippen molar-refractivity contribution in [3.05, 3.63) is 29.6 Å². The minimum atomic E-state index is -4.54. The molecule has 0 aromatic carbocycles. The number of nitrogens with zero attached hydrogens (tertiary/aromatic N) is 1. The first-order valence-electron chi connectivity index (χ1n) is 5.35. The fourth-order valence-electron chi connectivity index (χ4n) is 1.49. The van der Waals surface area contributed by atoms with Crippen LogP contribution in [0.4, 0.5) is 13.2 Å². The lowest BCUT2D eigenvalue weighted by molar-refractivity contribution is -0.915. The maximum absolute atomic E-state index is 12.4. The second-order valence-corrected chi connectivity index (χ2v) is 5.28. The van der Waals surface area contributed by atoms with E-state index in [-0.39, 0.29) is 16.1 Å². The van der Waals surface area contributed by atoms with Gasteiger partial charge in [-0.3, -0.25) is 5.21 Å². The molecule has 5 heteroatoms. The predicted molar refractivity (Wildman–Crippen MR) is 56.7 cm³/mol. The van der Waals surface area contributed by atoms with Crippen molar-refractivity contribution in [1.29, 1.82) is 0 Å². The van der Waals surface area contributed by atoms with Crippen LogP contribution >= 0.6 is 0 Å². The summed E-state index contributed by atoms with van der Waals surface area (Å²) in [6, 6.07) is 2.31. The Morgan fingerprint density at radius 1 is 1.18 bits per heavy atom. The van der Waals surface area contributed by atoms with Crippen LogP contribution < -0.4 is 4.73 Å². The summed E-state index contributed by atoms with van der Waals surface area (Å²) in [7, 11) is 0. The van der Waals surface area contributed by atoms with E-state index in [1.54, 1.807) is 0 Å². The normalized spacial score (nSPS) is 14.8. The number of aromatic nitrogens is 1. The molecule has 2 nitrogen and oxygen atoms in total. The SMILES string of the molecule is C[C@H](c1ccc(C(F)(F)F)[n+](O)c1)C(C)(C)C. The van der Waals surface area contributed by atoms with Crippen LogP contribution in [0.2, 0.25) is 0 Å². The molecular weight excluding hydrogens is 231 g/mol. The second kappa shape index (κ2) is 4.20. The Kier molecular flexibility index (Phi) is 3.41. The molecule has 0 saturated heterocycles. The highest BCUT2D eigenvalue weighted by Gasteiger charge is 2.42. The van der Waals surface area contributed by atoms with Crippen LogP contribution in [0.1, 0.15) is 44.9 Å². The summed E-state index contributed by atoms with van der Waals surface area (Å²) in [6.45, 7) is 7.91. The summed E-state index contributed by atoms with van der Waals surface area (Å²) in [6.07, 6.45) is -3.42. The molecule has 0 unspecified atom stereocenters. The summed E-state index contributed by atoms with van der Waals surface area (Å²) in [5.41, 5.74) is -0.470. The van der Waals surface area contributed by atoms with E-state index >= 15 is 0 Å². The zero-order chi connectivity index (χ0) is 13.4. The lowest BCUT2D eigenvalue weighted by Crippen LogP contribution is -2.40. The maximum atomic E-state index is 12.4. The first-order valence-corrected chi connectivity index (χ1v) is 5.35. The van der Waals surface area contributed by atoms with Gasteiger partial charge in [0.15, 0.2) is 0 Å². The molecule has 1 rings (SSSR count). The molecule has 0 bridgehead atoms. The Morgan fingerprint density at radius 3 is 2.06 bits per heavy atom. The molecule has 0 fully saturated rings. The van der Waals surface area contributed by atoms with Crippen molar-refractivity contribution in [3.63, 3.8) is 0 Å². The molecule has 0 aliphatic carbocycles. The van der Waals surface area contributed by atoms with Gasteiger partial charge in [-0.15, -0.1) is 0 Å². The summed E-state index contributed by atoms with van der Waals surface area (Å²) < 4.78 is 37.5. The molecule has 96 valence electrons.